The van der Waals surface area contributed by atoms with Crippen molar-refractivity contribution in [3.8, 4) is 0 Å². The highest BCUT2D eigenvalue weighted by Crippen LogP contribution is 2.26. The molecule has 0 aliphatic heterocycles. The van der Waals surface area contributed by atoms with Gasteiger partial charge in [0.1, 0.15) is 5.56 Å². The minimum absolute atomic E-state index is 0.0634. The van der Waals surface area contributed by atoms with E-state index in [0.717, 1.165) is 5.03 Å². The number of aromatic carboxylic acids is 1. The molecule has 2 rings (SSSR count). The van der Waals surface area contributed by atoms with E-state index in [0.29, 0.717) is 11.5 Å². The van der Waals surface area contributed by atoms with Crippen LogP contribution in [0.4, 0.5) is 0 Å². The zero-order valence-corrected chi connectivity index (χ0v) is 10.9. The first-order chi connectivity index (χ1) is 8.18. The van der Waals surface area contributed by atoms with Crippen LogP contribution in [0, 0.1) is 0 Å². The average molecular weight is 315 g/mol. The van der Waals surface area contributed by atoms with E-state index in [2.05, 4.69) is 26.1 Å². The third kappa shape index (κ3) is 2.86. The molecule has 0 radical (unpaired) electrons. The summed E-state index contributed by atoms with van der Waals surface area (Å²) in [4.78, 5) is 15.1. The average Bonchev–Trinajstić information content (AvgIpc) is 2.69. The van der Waals surface area contributed by atoms with Crippen LogP contribution in [0.5, 0.6) is 0 Å². The van der Waals surface area contributed by atoms with Gasteiger partial charge in [0.25, 0.3) is 0 Å². The van der Waals surface area contributed by atoms with E-state index in [1.54, 1.807) is 6.20 Å². The van der Waals surface area contributed by atoms with Crippen molar-refractivity contribution in [2.45, 2.75) is 10.8 Å². The molecule has 0 saturated carbocycles. The molecule has 0 aliphatic carbocycles. The van der Waals surface area contributed by atoms with E-state index in [1.165, 1.54) is 11.8 Å². The first-order valence-corrected chi connectivity index (χ1v) is 6.37. The number of carboxylic acid groups (broad SMARTS) is 1. The summed E-state index contributed by atoms with van der Waals surface area (Å²) in [5, 5.41) is 13.4. The van der Waals surface area contributed by atoms with Crippen molar-refractivity contribution in [1.82, 2.24) is 10.1 Å². The van der Waals surface area contributed by atoms with Crippen LogP contribution >= 0.6 is 27.7 Å². The van der Waals surface area contributed by atoms with Crippen LogP contribution in [0.25, 0.3) is 0 Å². The van der Waals surface area contributed by atoms with E-state index >= 15 is 0 Å². The van der Waals surface area contributed by atoms with Crippen molar-refractivity contribution in [3.63, 3.8) is 0 Å². The first kappa shape index (κ1) is 12.1. The lowest BCUT2D eigenvalue weighted by Crippen LogP contribution is -1.99. The highest BCUT2D eigenvalue weighted by molar-refractivity contribution is 9.10. The summed E-state index contributed by atoms with van der Waals surface area (Å²) in [6.07, 6.45) is 1.68. The van der Waals surface area contributed by atoms with Crippen LogP contribution in [0.1, 0.15) is 16.1 Å². The second kappa shape index (κ2) is 5.33. The van der Waals surface area contributed by atoms with E-state index in [4.69, 9.17) is 9.63 Å². The highest BCUT2D eigenvalue weighted by Gasteiger charge is 2.20. The van der Waals surface area contributed by atoms with Gasteiger partial charge >= 0.3 is 5.97 Å². The predicted molar refractivity (Wildman–Crippen MR) is 65.0 cm³/mol. The molecule has 0 aromatic carbocycles. The van der Waals surface area contributed by atoms with Gasteiger partial charge in [0, 0.05) is 6.20 Å². The van der Waals surface area contributed by atoms with Gasteiger partial charge in [0.05, 0.1) is 10.8 Å². The van der Waals surface area contributed by atoms with Crippen LogP contribution < -0.4 is 0 Å². The van der Waals surface area contributed by atoms with Crippen molar-refractivity contribution in [1.29, 1.82) is 0 Å². The van der Waals surface area contributed by atoms with E-state index in [-0.39, 0.29) is 10.2 Å². The number of carbonyl (C=O) groups is 1. The summed E-state index contributed by atoms with van der Waals surface area (Å²) in [6.45, 7) is 0. The highest BCUT2D eigenvalue weighted by atomic mass is 79.9. The zero-order valence-electron chi connectivity index (χ0n) is 8.46. The van der Waals surface area contributed by atoms with Gasteiger partial charge in [-0.25, -0.2) is 9.78 Å². The molecule has 0 aliphatic rings. The maximum atomic E-state index is 11.0. The Hall–Kier alpha value is -1.34. The van der Waals surface area contributed by atoms with Crippen molar-refractivity contribution >= 4 is 33.7 Å². The minimum atomic E-state index is -1.06. The minimum Gasteiger partial charge on any atom is -0.477 e. The molecule has 88 valence electrons. The Kier molecular flexibility index (Phi) is 3.80. The van der Waals surface area contributed by atoms with Crippen LogP contribution in [0.15, 0.2) is 38.5 Å². The molecule has 5 nitrogen and oxygen atoms in total. The lowest BCUT2D eigenvalue weighted by atomic mass is 10.3. The Morgan fingerprint density at radius 3 is 3.00 bits per heavy atom. The van der Waals surface area contributed by atoms with Gasteiger partial charge in [-0.2, -0.15) is 0 Å². The SMILES string of the molecule is O=C(O)c1c(Br)noc1CSc1ccccn1. The number of hydrogen-bond acceptors (Lipinski definition) is 5. The second-order valence-corrected chi connectivity index (χ2v) is 4.78. The van der Waals surface area contributed by atoms with Crippen molar-refractivity contribution in [3.05, 3.63) is 40.3 Å². The van der Waals surface area contributed by atoms with E-state index in [9.17, 15) is 4.79 Å². The van der Waals surface area contributed by atoms with Gasteiger partial charge in [0.2, 0.25) is 0 Å². The predicted octanol–water partition coefficient (Wildman–Crippen LogP) is 2.82. The fourth-order valence-corrected chi connectivity index (χ4v) is 2.43. The molecular weight excluding hydrogens is 308 g/mol. The smallest absolute Gasteiger partial charge is 0.342 e. The van der Waals surface area contributed by atoms with E-state index in [1.807, 2.05) is 18.2 Å². The summed E-state index contributed by atoms with van der Waals surface area (Å²) in [6, 6.07) is 5.53. The Bertz CT molecular complexity index is 530. The van der Waals surface area contributed by atoms with E-state index < -0.39 is 5.97 Å². The van der Waals surface area contributed by atoms with Crippen LogP contribution in [0.3, 0.4) is 0 Å². The van der Waals surface area contributed by atoms with Crippen LogP contribution in [-0.2, 0) is 5.75 Å². The summed E-state index contributed by atoms with van der Waals surface area (Å²) < 4.78 is 5.16. The largest absolute Gasteiger partial charge is 0.477 e. The monoisotopic (exact) mass is 314 g/mol. The molecule has 2 heterocycles. The first-order valence-electron chi connectivity index (χ1n) is 4.59. The topological polar surface area (TPSA) is 76.2 Å². The normalized spacial score (nSPS) is 10.4. The van der Waals surface area contributed by atoms with Gasteiger partial charge < -0.3 is 9.63 Å². The quantitative estimate of drug-likeness (QED) is 0.874. The van der Waals surface area contributed by atoms with Crippen molar-refractivity contribution < 1.29 is 14.4 Å². The molecule has 0 saturated heterocycles. The van der Waals surface area contributed by atoms with Crippen LogP contribution in [0.2, 0.25) is 0 Å². The molecule has 0 atom stereocenters. The van der Waals surface area contributed by atoms with Gasteiger partial charge in [0.15, 0.2) is 10.4 Å². The van der Waals surface area contributed by atoms with Gasteiger partial charge in [-0.1, -0.05) is 23.0 Å². The third-order valence-electron chi connectivity index (χ3n) is 1.92. The molecule has 17 heavy (non-hydrogen) atoms. The lowest BCUT2D eigenvalue weighted by molar-refractivity contribution is 0.0694. The summed E-state index contributed by atoms with van der Waals surface area (Å²) in [5.41, 5.74) is 0.0634. The van der Waals surface area contributed by atoms with Gasteiger partial charge in [-0.05, 0) is 28.1 Å². The molecule has 0 unspecified atom stereocenters. The maximum absolute atomic E-state index is 11.0. The second-order valence-electron chi connectivity index (χ2n) is 3.03. The number of rotatable bonds is 4. The molecule has 0 amide bonds. The lowest BCUT2D eigenvalue weighted by Gasteiger charge is -1.98. The number of halogens is 1. The fraction of sp³-hybridized carbons (Fsp3) is 0.100. The summed E-state index contributed by atoms with van der Waals surface area (Å²) in [7, 11) is 0. The zero-order chi connectivity index (χ0) is 12.3. The molecule has 1 N–H and O–H groups in total. The Labute approximate surface area is 109 Å². The molecule has 0 fully saturated rings. The molecule has 0 bridgehead atoms. The number of nitrogens with zero attached hydrogens (tertiary/aromatic N) is 2. The molecule has 7 heteroatoms. The number of carboxylic acids is 1. The molecule has 0 spiro atoms. The Balaban J connectivity index is 2.12. The fourth-order valence-electron chi connectivity index (χ4n) is 1.18. The molecular formula is C10H7BrN2O3S. The van der Waals surface area contributed by atoms with Gasteiger partial charge in [-0.15, -0.1) is 0 Å². The maximum Gasteiger partial charge on any atom is 0.342 e. The summed E-state index contributed by atoms with van der Waals surface area (Å²) in [5.74, 6) is -0.369. The number of aromatic nitrogens is 2. The molecule has 2 aromatic rings. The molecule has 2 aromatic heterocycles. The van der Waals surface area contributed by atoms with Crippen molar-refractivity contribution in [2.75, 3.05) is 0 Å². The number of hydrogen-bond donors (Lipinski definition) is 1. The van der Waals surface area contributed by atoms with Crippen molar-refractivity contribution in [2.24, 2.45) is 0 Å². The standard InChI is InChI=1S/C10H7BrN2O3S/c11-9-8(10(14)15)6(16-13-9)5-17-7-3-1-2-4-12-7/h1-4H,5H2,(H,14,15). The third-order valence-corrected chi connectivity index (χ3v) is 3.41. The Morgan fingerprint density at radius 2 is 2.35 bits per heavy atom. The van der Waals surface area contributed by atoms with Gasteiger partial charge in [-0.3, -0.25) is 0 Å². The number of thioether (sulfide) groups is 1. The number of pyridine rings is 1. The summed E-state index contributed by atoms with van der Waals surface area (Å²) >= 11 is 4.42. The van der Waals surface area contributed by atoms with Crippen LogP contribution in [-0.4, -0.2) is 21.2 Å². The Morgan fingerprint density at radius 1 is 1.53 bits per heavy atom.